The smallest absolute Gasteiger partial charge is 0.115 e. The molecule has 1 aliphatic heterocycles. The molecule has 0 amide bonds. The van der Waals surface area contributed by atoms with Gasteiger partial charge in [-0.1, -0.05) is 19.1 Å². The third kappa shape index (κ3) is 3.20. The van der Waals surface area contributed by atoms with Gasteiger partial charge in [0.1, 0.15) is 5.75 Å². The molecular weight excluding hydrogens is 212 g/mol. The van der Waals surface area contributed by atoms with E-state index >= 15 is 0 Å². The van der Waals surface area contributed by atoms with Gasteiger partial charge in [-0.05, 0) is 31.0 Å². The highest BCUT2D eigenvalue weighted by Crippen LogP contribution is 2.18. The normalized spacial score (nSPS) is 26.0. The molecule has 3 nitrogen and oxygen atoms in total. The van der Waals surface area contributed by atoms with Crippen LogP contribution < -0.4 is 5.32 Å². The lowest BCUT2D eigenvalue weighted by Crippen LogP contribution is -2.58. The van der Waals surface area contributed by atoms with Crippen molar-refractivity contribution in [3.8, 4) is 5.75 Å². The zero-order valence-electron chi connectivity index (χ0n) is 10.7. The number of piperazine rings is 1. The lowest BCUT2D eigenvalue weighted by molar-refractivity contribution is 0.133. The summed E-state index contributed by atoms with van der Waals surface area (Å²) in [7, 11) is 0. The van der Waals surface area contributed by atoms with Crippen LogP contribution in [0.4, 0.5) is 0 Å². The summed E-state index contributed by atoms with van der Waals surface area (Å²) in [5.41, 5.74) is 1.42. The summed E-state index contributed by atoms with van der Waals surface area (Å²) in [5.74, 6) is 0.357. The van der Waals surface area contributed by atoms with E-state index in [2.05, 4.69) is 30.1 Å². The van der Waals surface area contributed by atoms with Gasteiger partial charge in [-0.3, -0.25) is 4.90 Å². The van der Waals surface area contributed by atoms with E-state index in [0.29, 0.717) is 5.75 Å². The fourth-order valence-electron chi connectivity index (χ4n) is 2.43. The van der Waals surface area contributed by atoms with Gasteiger partial charge in [0, 0.05) is 31.7 Å². The van der Waals surface area contributed by atoms with Crippen molar-refractivity contribution >= 4 is 0 Å². The van der Waals surface area contributed by atoms with Crippen LogP contribution in [0.3, 0.4) is 0 Å². The lowest BCUT2D eigenvalue weighted by Gasteiger charge is -2.41. The molecule has 1 fully saturated rings. The fourth-order valence-corrected chi connectivity index (χ4v) is 2.43. The number of hydrogen-bond donors (Lipinski definition) is 2. The van der Waals surface area contributed by atoms with Crippen LogP contribution >= 0.6 is 0 Å². The molecule has 1 unspecified atom stereocenters. The standard InChI is InChI=1S/C14H22N2O/c1-3-14(2)11-16(8-7-15-14)10-12-5-4-6-13(17)9-12/h4-6,9,15,17H,3,7-8,10-11H2,1-2H3. The summed E-state index contributed by atoms with van der Waals surface area (Å²) >= 11 is 0. The van der Waals surface area contributed by atoms with Crippen molar-refractivity contribution in [3.05, 3.63) is 29.8 Å². The van der Waals surface area contributed by atoms with Crippen LogP contribution in [-0.2, 0) is 6.54 Å². The number of benzene rings is 1. The predicted molar refractivity (Wildman–Crippen MR) is 70.1 cm³/mol. The maximum absolute atomic E-state index is 9.46. The second-order valence-electron chi connectivity index (χ2n) is 5.22. The molecule has 0 bridgehead atoms. The van der Waals surface area contributed by atoms with Crippen molar-refractivity contribution in [2.75, 3.05) is 19.6 Å². The number of phenols is 1. The Kier molecular flexibility index (Phi) is 3.69. The minimum atomic E-state index is 0.231. The monoisotopic (exact) mass is 234 g/mol. The molecule has 0 aromatic heterocycles. The number of rotatable bonds is 3. The summed E-state index contributed by atoms with van der Waals surface area (Å²) < 4.78 is 0. The largest absolute Gasteiger partial charge is 0.508 e. The third-order valence-corrected chi connectivity index (χ3v) is 3.65. The number of nitrogens with zero attached hydrogens (tertiary/aromatic N) is 1. The van der Waals surface area contributed by atoms with E-state index in [9.17, 15) is 5.11 Å². The Balaban J connectivity index is 1.99. The van der Waals surface area contributed by atoms with E-state index < -0.39 is 0 Å². The number of phenolic OH excluding ortho intramolecular Hbond substituents is 1. The highest BCUT2D eigenvalue weighted by atomic mass is 16.3. The van der Waals surface area contributed by atoms with Gasteiger partial charge in [0.25, 0.3) is 0 Å². The third-order valence-electron chi connectivity index (χ3n) is 3.65. The van der Waals surface area contributed by atoms with Crippen molar-refractivity contribution in [1.29, 1.82) is 0 Å². The van der Waals surface area contributed by atoms with E-state index in [4.69, 9.17) is 0 Å². The molecule has 17 heavy (non-hydrogen) atoms. The van der Waals surface area contributed by atoms with E-state index in [-0.39, 0.29) is 5.54 Å². The fraction of sp³-hybridized carbons (Fsp3) is 0.571. The van der Waals surface area contributed by atoms with E-state index in [1.165, 1.54) is 5.56 Å². The highest BCUT2D eigenvalue weighted by molar-refractivity contribution is 5.27. The van der Waals surface area contributed by atoms with Gasteiger partial charge in [-0.2, -0.15) is 0 Å². The second kappa shape index (κ2) is 5.07. The van der Waals surface area contributed by atoms with Crippen LogP contribution in [-0.4, -0.2) is 35.2 Å². The van der Waals surface area contributed by atoms with Crippen LogP contribution in [0, 0.1) is 0 Å². The van der Waals surface area contributed by atoms with Crippen LogP contribution in [0.15, 0.2) is 24.3 Å². The van der Waals surface area contributed by atoms with Gasteiger partial charge in [0.15, 0.2) is 0 Å². The summed E-state index contributed by atoms with van der Waals surface area (Å²) in [6.07, 6.45) is 1.14. The summed E-state index contributed by atoms with van der Waals surface area (Å²) in [5, 5.41) is 13.0. The van der Waals surface area contributed by atoms with Crippen molar-refractivity contribution in [2.24, 2.45) is 0 Å². The van der Waals surface area contributed by atoms with Gasteiger partial charge in [-0.15, -0.1) is 0 Å². The first-order valence-corrected chi connectivity index (χ1v) is 6.36. The summed E-state index contributed by atoms with van der Waals surface area (Å²) in [6.45, 7) is 8.62. The van der Waals surface area contributed by atoms with Crippen LogP contribution in [0.1, 0.15) is 25.8 Å². The van der Waals surface area contributed by atoms with Crippen LogP contribution in [0.25, 0.3) is 0 Å². The Morgan fingerprint density at radius 3 is 3.00 bits per heavy atom. The second-order valence-corrected chi connectivity index (χ2v) is 5.22. The average molecular weight is 234 g/mol. The zero-order chi connectivity index (χ0) is 12.3. The Hall–Kier alpha value is -1.06. The molecule has 0 spiro atoms. The number of aromatic hydroxyl groups is 1. The first kappa shape index (κ1) is 12.4. The van der Waals surface area contributed by atoms with Gasteiger partial charge in [-0.25, -0.2) is 0 Å². The molecule has 1 aliphatic rings. The molecule has 2 N–H and O–H groups in total. The minimum Gasteiger partial charge on any atom is -0.508 e. The van der Waals surface area contributed by atoms with E-state index in [1.54, 1.807) is 6.07 Å². The predicted octanol–water partition coefficient (Wildman–Crippen LogP) is 1.97. The number of hydrogen-bond acceptors (Lipinski definition) is 3. The molecule has 1 aromatic carbocycles. The molecular formula is C14H22N2O. The van der Waals surface area contributed by atoms with Crippen molar-refractivity contribution in [2.45, 2.75) is 32.4 Å². The van der Waals surface area contributed by atoms with Crippen molar-refractivity contribution in [1.82, 2.24) is 10.2 Å². The summed E-state index contributed by atoms with van der Waals surface area (Å²) in [4.78, 5) is 2.45. The molecule has 1 aromatic rings. The first-order chi connectivity index (χ1) is 8.11. The molecule has 2 rings (SSSR count). The molecule has 0 radical (unpaired) electrons. The molecule has 1 atom stereocenters. The van der Waals surface area contributed by atoms with Gasteiger partial charge < -0.3 is 10.4 Å². The molecule has 0 saturated carbocycles. The van der Waals surface area contributed by atoms with Crippen LogP contribution in [0.5, 0.6) is 5.75 Å². The van der Waals surface area contributed by atoms with Crippen LogP contribution in [0.2, 0.25) is 0 Å². The number of nitrogens with one attached hydrogen (secondary N) is 1. The minimum absolute atomic E-state index is 0.231. The first-order valence-electron chi connectivity index (χ1n) is 6.36. The van der Waals surface area contributed by atoms with E-state index in [0.717, 1.165) is 32.6 Å². The Morgan fingerprint density at radius 1 is 1.47 bits per heavy atom. The van der Waals surface area contributed by atoms with Gasteiger partial charge in [0.05, 0.1) is 0 Å². The quantitative estimate of drug-likeness (QED) is 0.839. The maximum Gasteiger partial charge on any atom is 0.115 e. The van der Waals surface area contributed by atoms with E-state index in [1.807, 2.05) is 12.1 Å². The van der Waals surface area contributed by atoms with Crippen molar-refractivity contribution in [3.63, 3.8) is 0 Å². The molecule has 1 heterocycles. The Labute approximate surface area is 103 Å². The lowest BCUT2D eigenvalue weighted by atomic mass is 9.95. The Bertz CT molecular complexity index is 380. The van der Waals surface area contributed by atoms with Gasteiger partial charge >= 0.3 is 0 Å². The van der Waals surface area contributed by atoms with Crippen molar-refractivity contribution < 1.29 is 5.11 Å². The average Bonchev–Trinajstić information content (AvgIpc) is 2.29. The van der Waals surface area contributed by atoms with Gasteiger partial charge in [0.2, 0.25) is 0 Å². The molecule has 1 saturated heterocycles. The highest BCUT2D eigenvalue weighted by Gasteiger charge is 2.28. The molecule has 0 aliphatic carbocycles. The molecule has 94 valence electrons. The summed E-state index contributed by atoms with van der Waals surface area (Å²) in [6, 6.07) is 7.56. The Morgan fingerprint density at radius 2 is 2.29 bits per heavy atom. The topological polar surface area (TPSA) is 35.5 Å². The maximum atomic E-state index is 9.46. The zero-order valence-corrected chi connectivity index (χ0v) is 10.7. The molecule has 3 heteroatoms. The SMILES string of the molecule is CCC1(C)CN(Cc2cccc(O)c2)CCN1.